The molecule has 1 aromatic heterocycles. The van der Waals surface area contributed by atoms with Crippen LogP contribution in [-0.4, -0.2) is 65.1 Å². The molecule has 6 heteroatoms. The number of likely N-dealkylation sites (N-methyl/N-ethyl adjacent to an activating group) is 1. The molecule has 1 fully saturated rings. The van der Waals surface area contributed by atoms with Crippen molar-refractivity contribution in [2.45, 2.75) is 38.7 Å². The highest BCUT2D eigenvalue weighted by molar-refractivity contribution is 5.95. The highest BCUT2D eigenvalue weighted by Gasteiger charge is 2.33. The molecule has 0 radical (unpaired) electrons. The molecule has 0 saturated carbocycles. The first-order valence-corrected chi connectivity index (χ1v) is 8.09. The number of aryl methyl sites for hydroxylation is 2. The molecule has 0 spiro atoms. The third-order valence-corrected chi connectivity index (χ3v) is 4.39. The Morgan fingerprint density at radius 1 is 1.35 bits per heavy atom. The van der Waals surface area contributed by atoms with Gasteiger partial charge in [0.05, 0.1) is 5.60 Å². The molecule has 0 unspecified atom stereocenters. The standard InChI is InChI=1S/C17H27N3O3/c1-12-10-13(2)18-15(21)14(12)16(22)20-8-5-6-17(23,7-9-20)11-19(3)4/h10,23H,5-9,11H2,1-4H3,(H,18,21)/t17-/m1/s1. The van der Waals surface area contributed by atoms with Crippen molar-refractivity contribution in [1.82, 2.24) is 14.8 Å². The topological polar surface area (TPSA) is 76.6 Å². The molecule has 1 aliphatic heterocycles. The van der Waals surface area contributed by atoms with Gasteiger partial charge in [0.2, 0.25) is 0 Å². The van der Waals surface area contributed by atoms with E-state index in [1.54, 1.807) is 18.7 Å². The van der Waals surface area contributed by atoms with E-state index in [4.69, 9.17) is 0 Å². The second-order valence-corrected chi connectivity index (χ2v) is 6.95. The molecule has 0 aromatic carbocycles. The quantitative estimate of drug-likeness (QED) is 0.867. The van der Waals surface area contributed by atoms with Crippen LogP contribution < -0.4 is 5.56 Å². The molecule has 0 aliphatic carbocycles. The summed E-state index contributed by atoms with van der Waals surface area (Å²) in [6.45, 7) is 5.21. The van der Waals surface area contributed by atoms with Crippen LogP contribution in [0.4, 0.5) is 0 Å². The molecule has 2 rings (SSSR count). The normalized spacial score (nSPS) is 22.3. The van der Waals surface area contributed by atoms with Crippen LogP contribution in [0.2, 0.25) is 0 Å². The monoisotopic (exact) mass is 321 g/mol. The molecule has 1 aromatic rings. The summed E-state index contributed by atoms with van der Waals surface area (Å²) in [5.74, 6) is -0.238. The Hall–Kier alpha value is -1.66. The van der Waals surface area contributed by atoms with E-state index in [2.05, 4.69) is 4.98 Å². The van der Waals surface area contributed by atoms with Crippen LogP contribution in [-0.2, 0) is 0 Å². The first kappa shape index (κ1) is 17.7. The second kappa shape index (κ2) is 6.84. The van der Waals surface area contributed by atoms with Crippen molar-refractivity contribution in [2.24, 2.45) is 0 Å². The molecule has 2 heterocycles. The van der Waals surface area contributed by atoms with Crippen LogP contribution in [0.25, 0.3) is 0 Å². The van der Waals surface area contributed by atoms with Crippen LogP contribution in [0.1, 0.15) is 40.9 Å². The summed E-state index contributed by atoms with van der Waals surface area (Å²) in [5.41, 5.74) is 0.561. The summed E-state index contributed by atoms with van der Waals surface area (Å²) in [6, 6.07) is 1.81. The lowest BCUT2D eigenvalue weighted by molar-refractivity contribution is 0.00304. The van der Waals surface area contributed by atoms with E-state index >= 15 is 0 Å². The van der Waals surface area contributed by atoms with E-state index in [-0.39, 0.29) is 17.0 Å². The van der Waals surface area contributed by atoms with Gasteiger partial charge in [0.25, 0.3) is 11.5 Å². The molecular weight excluding hydrogens is 294 g/mol. The summed E-state index contributed by atoms with van der Waals surface area (Å²) in [5, 5.41) is 10.7. The number of carbonyl (C=O) groups excluding carboxylic acids is 1. The molecular formula is C17H27N3O3. The Bertz CT molecular complexity index is 638. The van der Waals surface area contributed by atoms with E-state index in [1.165, 1.54) is 0 Å². The number of nitrogens with zero attached hydrogens (tertiary/aromatic N) is 2. The Balaban J connectivity index is 2.17. The minimum absolute atomic E-state index is 0.216. The predicted molar refractivity (Wildman–Crippen MR) is 89.8 cm³/mol. The highest BCUT2D eigenvalue weighted by atomic mass is 16.3. The van der Waals surface area contributed by atoms with Crippen molar-refractivity contribution in [3.63, 3.8) is 0 Å². The van der Waals surface area contributed by atoms with Gasteiger partial charge >= 0.3 is 0 Å². The second-order valence-electron chi connectivity index (χ2n) is 6.95. The maximum Gasteiger partial charge on any atom is 0.261 e. The molecule has 1 atom stereocenters. The summed E-state index contributed by atoms with van der Waals surface area (Å²) in [6.07, 6.45) is 1.93. The van der Waals surface area contributed by atoms with Gasteiger partial charge < -0.3 is 19.9 Å². The fraction of sp³-hybridized carbons (Fsp3) is 0.647. The highest BCUT2D eigenvalue weighted by Crippen LogP contribution is 2.24. The minimum atomic E-state index is -0.771. The zero-order chi connectivity index (χ0) is 17.2. The Labute approximate surface area is 137 Å². The number of aromatic nitrogens is 1. The summed E-state index contributed by atoms with van der Waals surface area (Å²) in [4.78, 5) is 31.3. The third-order valence-electron chi connectivity index (χ3n) is 4.39. The molecule has 6 nitrogen and oxygen atoms in total. The number of rotatable bonds is 3. The summed E-state index contributed by atoms with van der Waals surface area (Å²) < 4.78 is 0. The summed E-state index contributed by atoms with van der Waals surface area (Å²) >= 11 is 0. The molecule has 2 N–H and O–H groups in total. The van der Waals surface area contributed by atoms with Crippen LogP contribution in [0, 0.1) is 13.8 Å². The van der Waals surface area contributed by atoms with Crippen molar-refractivity contribution < 1.29 is 9.90 Å². The molecule has 1 saturated heterocycles. The van der Waals surface area contributed by atoms with E-state index in [9.17, 15) is 14.7 Å². The van der Waals surface area contributed by atoms with Crippen LogP contribution >= 0.6 is 0 Å². The fourth-order valence-corrected chi connectivity index (χ4v) is 3.41. The summed E-state index contributed by atoms with van der Waals surface area (Å²) in [7, 11) is 3.86. The number of hydrogen-bond acceptors (Lipinski definition) is 4. The van der Waals surface area contributed by atoms with Crippen LogP contribution in [0.5, 0.6) is 0 Å². The Morgan fingerprint density at radius 3 is 2.65 bits per heavy atom. The van der Waals surface area contributed by atoms with Gasteiger partial charge in [0, 0.05) is 25.3 Å². The lowest BCUT2D eigenvalue weighted by Gasteiger charge is -2.30. The minimum Gasteiger partial charge on any atom is -0.388 e. The number of aromatic amines is 1. The average Bonchev–Trinajstić information content (AvgIpc) is 2.58. The number of amides is 1. The lowest BCUT2D eigenvalue weighted by Crippen LogP contribution is -2.42. The van der Waals surface area contributed by atoms with Crippen molar-refractivity contribution in [3.8, 4) is 0 Å². The van der Waals surface area contributed by atoms with Gasteiger partial charge in [-0.3, -0.25) is 9.59 Å². The van der Waals surface area contributed by atoms with E-state index < -0.39 is 5.60 Å². The van der Waals surface area contributed by atoms with Gasteiger partial charge in [-0.2, -0.15) is 0 Å². The molecule has 128 valence electrons. The van der Waals surface area contributed by atoms with Gasteiger partial charge in [-0.15, -0.1) is 0 Å². The maximum atomic E-state index is 12.8. The van der Waals surface area contributed by atoms with E-state index in [1.807, 2.05) is 25.1 Å². The van der Waals surface area contributed by atoms with Crippen LogP contribution in [0.3, 0.4) is 0 Å². The predicted octanol–water partition coefficient (Wildman–Crippen LogP) is 0.911. The van der Waals surface area contributed by atoms with Gasteiger partial charge in [-0.25, -0.2) is 0 Å². The van der Waals surface area contributed by atoms with Gasteiger partial charge in [0.1, 0.15) is 5.56 Å². The zero-order valence-electron chi connectivity index (χ0n) is 14.5. The Morgan fingerprint density at radius 2 is 2.04 bits per heavy atom. The molecule has 1 amide bonds. The molecule has 23 heavy (non-hydrogen) atoms. The number of hydrogen-bond donors (Lipinski definition) is 2. The number of pyridine rings is 1. The van der Waals surface area contributed by atoms with Crippen LogP contribution in [0.15, 0.2) is 10.9 Å². The molecule has 0 bridgehead atoms. The van der Waals surface area contributed by atoms with Crippen molar-refractivity contribution in [2.75, 3.05) is 33.7 Å². The van der Waals surface area contributed by atoms with Crippen molar-refractivity contribution >= 4 is 5.91 Å². The van der Waals surface area contributed by atoms with Gasteiger partial charge in [-0.1, -0.05) is 0 Å². The molecule has 1 aliphatic rings. The van der Waals surface area contributed by atoms with Gasteiger partial charge in [-0.05, 0) is 58.8 Å². The third kappa shape index (κ3) is 4.20. The first-order chi connectivity index (χ1) is 10.7. The smallest absolute Gasteiger partial charge is 0.261 e. The van der Waals surface area contributed by atoms with Crippen molar-refractivity contribution in [1.29, 1.82) is 0 Å². The maximum absolute atomic E-state index is 12.8. The zero-order valence-corrected chi connectivity index (χ0v) is 14.5. The lowest BCUT2D eigenvalue weighted by atomic mass is 9.94. The van der Waals surface area contributed by atoms with E-state index in [0.29, 0.717) is 38.0 Å². The number of likely N-dealkylation sites (tertiary alicyclic amines) is 1. The average molecular weight is 321 g/mol. The number of H-pyrrole nitrogens is 1. The first-order valence-electron chi connectivity index (χ1n) is 8.09. The number of carbonyl (C=O) groups is 1. The van der Waals surface area contributed by atoms with E-state index in [0.717, 1.165) is 12.1 Å². The number of aliphatic hydroxyl groups is 1. The van der Waals surface area contributed by atoms with Gasteiger partial charge in [0.15, 0.2) is 0 Å². The largest absolute Gasteiger partial charge is 0.388 e. The van der Waals surface area contributed by atoms with Crippen molar-refractivity contribution in [3.05, 3.63) is 33.2 Å². The Kier molecular flexibility index (Phi) is 5.26. The fourth-order valence-electron chi connectivity index (χ4n) is 3.41. The SMILES string of the molecule is Cc1cc(C)c(C(=O)N2CCC[C@](O)(CN(C)C)CC2)c(=O)[nH]1. The number of nitrogens with one attached hydrogen (secondary N) is 1.